The highest BCUT2D eigenvalue weighted by molar-refractivity contribution is 6.30. The smallest absolute Gasteiger partial charge is 0.131 e. The molecule has 0 spiro atoms. The molecule has 0 heterocycles. The molecule has 2 heteroatoms. The Hall–Kier alpha value is -2.12. The van der Waals surface area contributed by atoms with Gasteiger partial charge in [0.15, 0.2) is 0 Å². The minimum Gasteiger partial charge on any atom is -0.206 e. The lowest BCUT2D eigenvalue weighted by molar-refractivity contribution is 0.632. The van der Waals surface area contributed by atoms with Crippen LogP contribution in [0.1, 0.15) is 38.2 Å². The molecule has 0 radical (unpaired) electrons. The summed E-state index contributed by atoms with van der Waals surface area (Å²) in [7, 11) is 0. The van der Waals surface area contributed by atoms with Crippen molar-refractivity contribution < 1.29 is 4.39 Å². The first-order valence-corrected chi connectivity index (χ1v) is 9.70. The predicted octanol–water partition coefficient (Wildman–Crippen LogP) is 7.94. The summed E-state index contributed by atoms with van der Waals surface area (Å²) in [5.41, 5.74) is 4.70. The molecule has 0 bridgehead atoms. The van der Waals surface area contributed by atoms with Crippen molar-refractivity contribution in [3.63, 3.8) is 0 Å². The molecule has 0 saturated heterocycles. The van der Waals surface area contributed by atoms with Gasteiger partial charge < -0.3 is 0 Å². The lowest BCUT2D eigenvalue weighted by Crippen LogP contribution is -1.89. The standard InChI is InChI=1S/C24H24ClF/c1-2-3-4-5-6-18-7-9-20(10-8-18)23-16-13-21(17-24(23)26)19-11-14-22(25)15-12-19/h7-17H,2-6H2,1H3. The highest BCUT2D eigenvalue weighted by Gasteiger charge is 2.08. The molecule has 26 heavy (non-hydrogen) atoms. The number of rotatable bonds is 7. The van der Waals surface area contributed by atoms with E-state index in [0.717, 1.165) is 23.1 Å². The Morgan fingerprint density at radius 1 is 0.731 bits per heavy atom. The van der Waals surface area contributed by atoms with E-state index in [1.54, 1.807) is 6.07 Å². The van der Waals surface area contributed by atoms with Crippen molar-refractivity contribution in [1.82, 2.24) is 0 Å². The SMILES string of the molecule is CCCCCCc1ccc(-c2ccc(-c3ccc(Cl)cc3)cc2F)cc1. The predicted molar refractivity (Wildman–Crippen MR) is 110 cm³/mol. The van der Waals surface area contributed by atoms with Gasteiger partial charge in [0.25, 0.3) is 0 Å². The highest BCUT2D eigenvalue weighted by atomic mass is 35.5. The zero-order valence-corrected chi connectivity index (χ0v) is 15.9. The Balaban J connectivity index is 1.74. The van der Waals surface area contributed by atoms with Gasteiger partial charge >= 0.3 is 0 Å². The average molecular weight is 367 g/mol. The molecule has 0 fully saturated rings. The van der Waals surface area contributed by atoms with E-state index < -0.39 is 0 Å². The van der Waals surface area contributed by atoms with Gasteiger partial charge in [0.2, 0.25) is 0 Å². The molecule has 0 saturated carbocycles. The number of hydrogen-bond donors (Lipinski definition) is 0. The Bertz CT molecular complexity index is 835. The molecule has 3 aromatic rings. The van der Waals surface area contributed by atoms with Gasteiger partial charge in [-0.05, 0) is 53.3 Å². The van der Waals surface area contributed by atoms with Crippen LogP contribution in [-0.4, -0.2) is 0 Å². The molecule has 0 aliphatic heterocycles. The van der Waals surface area contributed by atoms with Crippen molar-refractivity contribution in [1.29, 1.82) is 0 Å². The van der Waals surface area contributed by atoms with Gasteiger partial charge in [-0.3, -0.25) is 0 Å². The number of halogens is 2. The second-order valence-electron chi connectivity index (χ2n) is 6.71. The van der Waals surface area contributed by atoms with Gasteiger partial charge in [-0.1, -0.05) is 86.3 Å². The average Bonchev–Trinajstić information content (AvgIpc) is 2.66. The third kappa shape index (κ3) is 4.74. The highest BCUT2D eigenvalue weighted by Crippen LogP contribution is 2.29. The first-order chi connectivity index (χ1) is 12.7. The lowest BCUT2D eigenvalue weighted by Gasteiger charge is -2.08. The Kier molecular flexibility index (Phi) is 6.46. The van der Waals surface area contributed by atoms with Crippen molar-refractivity contribution in [2.24, 2.45) is 0 Å². The summed E-state index contributed by atoms with van der Waals surface area (Å²) in [6.07, 6.45) is 6.14. The molecule has 3 aromatic carbocycles. The largest absolute Gasteiger partial charge is 0.206 e. The minimum atomic E-state index is -0.201. The van der Waals surface area contributed by atoms with Crippen molar-refractivity contribution in [2.45, 2.75) is 39.0 Å². The van der Waals surface area contributed by atoms with Crippen LogP contribution in [0.25, 0.3) is 22.3 Å². The first kappa shape index (κ1) is 18.7. The second kappa shape index (κ2) is 9.00. The Morgan fingerprint density at radius 2 is 1.38 bits per heavy atom. The fourth-order valence-corrected chi connectivity index (χ4v) is 3.30. The van der Waals surface area contributed by atoms with E-state index in [-0.39, 0.29) is 5.82 Å². The maximum absolute atomic E-state index is 14.7. The molecule has 0 atom stereocenters. The van der Waals surface area contributed by atoms with Gasteiger partial charge in [-0.25, -0.2) is 4.39 Å². The molecule has 0 N–H and O–H groups in total. The molecule has 134 valence electrons. The first-order valence-electron chi connectivity index (χ1n) is 9.32. The van der Waals surface area contributed by atoms with Crippen LogP contribution in [0.3, 0.4) is 0 Å². The molecule has 0 aliphatic carbocycles. The zero-order chi connectivity index (χ0) is 18.4. The summed E-state index contributed by atoms with van der Waals surface area (Å²) in [5, 5.41) is 0.681. The Labute approximate surface area is 160 Å². The number of benzene rings is 3. The van der Waals surface area contributed by atoms with E-state index in [4.69, 9.17) is 11.6 Å². The summed E-state index contributed by atoms with van der Waals surface area (Å²) in [6.45, 7) is 2.22. The van der Waals surface area contributed by atoms with Crippen molar-refractivity contribution in [3.05, 3.63) is 83.1 Å². The van der Waals surface area contributed by atoms with Crippen LogP contribution in [0.2, 0.25) is 5.02 Å². The molecule has 3 rings (SSSR count). The van der Waals surface area contributed by atoms with Gasteiger partial charge in [0.1, 0.15) is 5.82 Å². The van der Waals surface area contributed by atoms with Crippen LogP contribution in [0, 0.1) is 5.82 Å². The zero-order valence-electron chi connectivity index (χ0n) is 15.1. The van der Waals surface area contributed by atoms with Crippen LogP contribution in [0.15, 0.2) is 66.7 Å². The van der Waals surface area contributed by atoms with Crippen molar-refractivity contribution in [3.8, 4) is 22.3 Å². The fourth-order valence-electron chi connectivity index (χ4n) is 3.18. The van der Waals surface area contributed by atoms with E-state index in [1.165, 1.54) is 31.2 Å². The molecule has 0 nitrogen and oxygen atoms in total. The van der Waals surface area contributed by atoms with Crippen LogP contribution in [0.4, 0.5) is 4.39 Å². The molecular formula is C24H24ClF. The normalized spacial score (nSPS) is 10.9. The summed E-state index contributed by atoms with van der Waals surface area (Å²) >= 11 is 5.92. The third-order valence-corrected chi connectivity index (χ3v) is 4.98. The Morgan fingerprint density at radius 3 is 2.04 bits per heavy atom. The van der Waals surface area contributed by atoms with E-state index in [0.29, 0.717) is 10.6 Å². The van der Waals surface area contributed by atoms with E-state index >= 15 is 0 Å². The molecule has 0 amide bonds. The second-order valence-corrected chi connectivity index (χ2v) is 7.15. The van der Waals surface area contributed by atoms with Crippen LogP contribution in [0.5, 0.6) is 0 Å². The van der Waals surface area contributed by atoms with E-state index in [2.05, 4.69) is 19.1 Å². The fraction of sp³-hybridized carbons (Fsp3) is 0.250. The maximum Gasteiger partial charge on any atom is 0.131 e. The van der Waals surface area contributed by atoms with Gasteiger partial charge in [0.05, 0.1) is 0 Å². The minimum absolute atomic E-state index is 0.201. The topological polar surface area (TPSA) is 0 Å². The molecule has 0 unspecified atom stereocenters. The summed E-state index contributed by atoms with van der Waals surface area (Å²) < 4.78 is 14.7. The number of hydrogen-bond acceptors (Lipinski definition) is 0. The van der Waals surface area contributed by atoms with Crippen LogP contribution in [-0.2, 0) is 6.42 Å². The maximum atomic E-state index is 14.7. The van der Waals surface area contributed by atoms with Gasteiger partial charge in [-0.15, -0.1) is 0 Å². The van der Waals surface area contributed by atoms with Crippen molar-refractivity contribution in [2.75, 3.05) is 0 Å². The number of aryl methyl sites for hydroxylation is 1. The molecule has 0 aromatic heterocycles. The van der Waals surface area contributed by atoms with Crippen molar-refractivity contribution >= 4 is 11.6 Å². The summed E-state index contributed by atoms with van der Waals surface area (Å²) in [4.78, 5) is 0. The van der Waals surface area contributed by atoms with Crippen LogP contribution >= 0.6 is 11.6 Å². The number of unbranched alkanes of at least 4 members (excludes halogenated alkanes) is 3. The summed E-state index contributed by atoms with van der Waals surface area (Å²) in [6, 6.07) is 21.2. The summed E-state index contributed by atoms with van der Waals surface area (Å²) in [5.74, 6) is -0.201. The third-order valence-electron chi connectivity index (χ3n) is 4.73. The molecular weight excluding hydrogens is 343 g/mol. The van der Waals surface area contributed by atoms with E-state index in [1.807, 2.05) is 48.5 Å². The van der Waals surface area contributed by atoms with E-state index in [9.17, 15) is 4.39 Å². The lowest BCUT2D eigenvalue weighted by atomic mass is 9.98. The molecule has 0 aliphatic rings. The van der Waals surface area contributed by atoms with Crippen LogP contribution < -0.4 is 0 Å². The monoisotopic (exact) mass is 366 g/mol. The quantitative estimate of drug-likeness (QED) is 0.372. The van der Waals surface area contributed by atoms with Gasteiger partial charge in [-0.2, -0.15) is 0 Å². The van der Waals surface area contributed by atoms with Gasteiger partial charge in [0, 0.05) is 10.6 Å².